The summed E-state index contributed by atoms with van der Waals surface area (Å²) in [6.45, 7) is 4.77. The van der Waals surface area contributed by atoms with E-state index in [1.807, 2.05) is 0 Å². The number of carbonyl (C=O) groups is 2. The van der Waals surface area contributed by atoms with E-state index >= 15 is 0 Å². The van der Waals surface area contributed by atoms with E-state index in [0.29, 0.717) is 49.7 Å². The van der Waals surface area contributed by atoms with E-state index in [1.165, 1.54) is 12.0 Å². The summed E-state index contributed by atoms with van der Waals surface area (Å²) in [6.07, 6.45) is 3.91. The molecule has 1 heterocycles. The van der Waals surface area contributed by atoms with Crippen molar-refractivity contribution >= 4 is 12.1 Å². The van der Waals surface area contributed by atoms with E-state index in [0.717, 1.165) is 19.3 Å². The van der Waals surface area contributed by atoms with Crippen molar-refractivity contribution in [3.8, 4) is 6.07 Å². The summed E-state index contributed by atoms with van der Waals surface area (Å²) < 4.78 is 10.0. The quantitative estimate of drug-likeness (QED) is 0.737. The molecule has 1 saturated carbocycles. The predicted octanol–water partition coefficient (Wildman–Crippen LogP) is 2.97. The summed E-state index contributed by atoms with van der Waals surface area (Å²) in [5.74, 6) is 1.38. The molecule has 2 fully saturated rings. The summed E-state index contributed by atoms with van der Waals surface area (Å²) in [4.78, 5) is 25.9. The van der Waals surface area contributed by atoms with Crippen LogP contribution in [0.4, 0.5) is 4.79 Å². The Hall–Kier alpha value is -1.77. The van der Waals surface area contributed by atoms with E-state index < -0.39 is 12.1 Å². The highest BCUT2D eigenvalue weighted by molar-refractivity contribution is 5.81. The monoisotopic (exact) mass is 336 g/mol. The summed E-state index contributed by atoms with van der Waals surface area (Å²) in [5.41, 5.74) is 0. The van der Waals surface area contributed by atoms with E-state index in [-0.39, 0.29) is 5.97 Å². The highest BCUT2D eigenvalue weighted by atomic mass is 16.6. The van der Waals surface area contributed by atoms with Gasteiger partial charge in [0.1, 0.15) is 6.04 Å². The number of hydrogen-bond acceptors (Lipinski definition) is 5. The van der Waals surface area contributed by atoms with Gasteiger partial charge in [-0.15, -0.1) is 0 Å². The minimum atomic E-state index is -0.552. The van der Waals surface area contributed by atoms with Gasteiger partial charge in [-0.1, -0.05) is 6.92 Å². The van der Waals surface area contributed by atoms with Crippen molar-refractivity contribution in [2.45, 2.75) is 52.0 Å². The number of amides is 1. The number of likely N-dealkylation sites (tertiary alicyclic amines) is 1. The zero-order chi connectivity index (χ0) is 17.7. The second kappa shape index (κ2) is 8.36. The number of nitrogens with zero attached hydrogens (tertiary/aromatic N) is 2. The van der Waals surface area contributed by atoms with Gasteiger partial charge in [-0.2, -0.15) is 5.26 Å². The molecule has 0 aromatic carbocycles. The topological polar surface area (TPSA) is 79.6 Å². The number of hydrogen-bond donors (Lipinski definition) is 0. The van der Waals surface area contributed by atoms with Crippen molar-refractivity contribution < 1.29 is 19.1 Å². The third kappa shape index (κ3) is 4.00. The Labute approximate surface area is 144 Å². The van der Waals surface area contributed by atoms with Gasteiger partial charge in [0.2, 0.25) is 0 Å². The van der Waals surface area contributed by atoms with Crippen LogP contribution in [0.15, 0.2) is 0 Å². The van der Waals surface area contributed by atoms with Crippen molar-refractivity contribution in [1.82, 2.24) is 4.90 Å². The Morgan fingerprint density at radius 3 is 2.67 bits per heavy atom. The molecule has 0 bridgehead atoms. The van der Waals surface area contributed by atoms with Gasteiger partial charge in [0, 0.05) is 13.0 Å². The van der Waals surface area contributed by atoms with Gasteiger partial charge in [0.25, 0.3) is 0 Å². The molecule has 1 aliphatic heterocycles. The number of rotatable bonds is 4. The van der Waals surface area contributed by atoms with Crippen LogP contribution in [0.1, 0.15) is 46.0 Å². The van der Waals surface area contributed by atoms with Crippen molar-refractivity contribution in [3.63, 3.8) is 0 Å². The van der Waals surface area contributed by atoms with Gasteiger partial charge in [-0.25, -0.2) is 9.59 Å². The number of fused-ring (bicyclic) bond motifs is 1. The van der Waals surface area contributed by atoms with Gasteiger partial charge >= 0.3 is 12.1 Å². The smallest absolute Gasteiger partial charge is 0.410 e. The molecule has 6 heteroatoms. The number of ether oxygens (including phenoxy) is 2. The van der Waals surface area contributed by atoms with Crippen molar-refractivity contribution in [2.75, 3.05) is 20.3 Å². The molecule has 0 radical (unpaired) electrons. The number of nitriles is 1. The standard InChI is InChI=1S/C18H28N2O4/c1-4-24-17(21)16-10-15-9-13(12(2)7-8-19)5-6-14(15)11-20(16)18(22)23-3/h12-16H,4-7,9-11H2,1-3H3. The number of esters is 1. The van der Waals surface area contributed by atoms with Gasteiger partial charge in [-0.3, -0.25) is 4.90 Å². The molecule has 1 saturated heterocycles. The molecule has 0 N–H and O–H groups in total. The van der Waals surface area contributed by atoms with Crippen molar-refractivity contribution in [1.29, 1.82) is 5.26 Å². The van der Waals surface area contributed by atoms with Crippen LogP contribution < -0.4 is 0 Å². The van der Waals surface area contributed by atoms with Crippen LogP contribution >= 0.6 is 0 Å². The van der Waals surface area contributed by atoms with Crippen LogP contribution in [0.2, 0.25) is 0 Å². The number of piperidine rings is 1. The second-order valence-electron chi connectivity index (χ2n) is 7.06. The van der Waals surface area contributed by atoms with E-state index in [9.17, 15) is 9.59 Å². The minimum Gasteiger partial charge on any atom is -0.464 e. The molecule has 1 amide bonds. The molecular weight excluding hydrogens is 308 g/mol. The average Bonchev–Trinajstić information content (AvgIpc) is 2.59. The molecule has 2 rings (SSSR count). The highest BCUT2D eigenvalue weighted by Crippen LogP contribution is 2.44. The molecular formula is C18H28N2O4. The molecule has 0 aromatic heterocycles. The number of carbonyl (C=O) groups excluding carboxylic acids is 2. The highest BCUT2D eigenvalue weighted by Gasteiger charge is 2.45. The minimum absolute atomic E-state index is 0.306. The van der Waals surface area contributed by atoms with E-state index in [1.54, 1.807) is 6.92 Å². The number of methoxy groups -OCH3 is 1. The van der Waals surface area contributed by atoms with Crippen LogP contribution in [0.25, 0.3) is 0 Å². The molecule has 5 atom stereocenters. The van der Waals surface area contributed by atoms with Gasteiger partial charge in [0.05, 0.1) is 19.8 Å². The predicted molar refractivity (Wildman–Crippen MR) is 87.9 cm³/mol. The Morgan fingerprint density at radius 1 is 1.29 bits per heavy atom. The van der Waals surface area contributed by atoms with Crippen molar-refractivity contribution in [3.05, 3.63) is 0 Å². The Bertz CT molecular complexity index is 502. The van der Waals surface area contributed by atoms with Gasteiger partial charge in [0.15, 0.2) is 0 Å². The van der Waals surface area contributed by atoms with Crippen molar-refractivity contribution in [2.24, 2.45) is 23.7 Å². The molecule has 24 heavy (non-hydrogen) atoms. The first-order chi connectivity index (χ1) is 11.5. The average molecular weight is 336 g/mol. The van der Waals surface area contributed by atoms with E-state index in [4.69, 9.17) is 14.7 Å². The van der Waals surface area contributed by atoms with Gasteiger partial charge in [-0.05, 0) is 56.3 Å². The first kappa shape index (κ1) is 18.6. The lowest BCUT2D eigenvalue weighted by molar-refractivity contribution is -0.152. The third-order valence-electron chi connectivity index (χ3n) is 5.70. The maximum Gasteiger partial charge on any atom is 0.410 e. The molecule has 2 aliphatic rings. The maximum absolute atomic E-state index is 12.3. The fourth-order valence-electron chi connectivity index (χ4n) is 4.29. The zero-order valence-corrected chi connectivity index (χ0v) is 14.9. The van der Waals surface area contributed by atoms with Gasteiger partial charge < -0.3 is 9.47 Å². The lowest BCUT2D eigenvalue weighted by Crippen LogP contribution is -2.55. The molecule has 134 valence electrons. The maximum atomic E-state index is 12.3. The van der Waals surface area contributed by atoms with Crippen LogP contribution in [-0.4, -0.2) is 43.3 Å². The summed E-state index contributed by atoms with van der Waals surface area (Å²) in [6, 6.07) is 1.71. The van der Waals surface area contributed by atoms with Crippen LogP contribution in [0.3, 0.4) is 0 Å². The SMILES string of the molecule is CCOC(=O)C1CC2CC(C(C)CC#N)CCC2CN1C(=O)OC. The van der Waals surface area contributed by atoms with Crippen LogP contribution in [-0.2, 0) is 14.3 Å². The molecule has 6 nitrogen and oxygen atoms in total. The molecule has 5 unspecified atom stereocenters. The van der Waals surface area contributed by atoms with Crippen LogP contribution in [0, 0.1) is 35.0 Å². The summed E-state index contributed by atoms with van der Waals surface area (Å²) in [5, 5.41) is 8.93. The lowest BCUT2D eigenvalue weighted by Gasteiger charge is -2.46. The first-order valence-corrected chi connectivity index (χ1v) is 8.89. The van der Waals surface area contributed by atoms with E-state index in [2.05, 4.69) is 13.0 Å². The fourth-order valence-corrected chi connectivity index (χ4v) is 4.29. The van der Waals surface area contributed by atoms with Crippen LogP contribution in [0.5, 0.6) is 0 Å². The third-order valence-corrected chi connectivity index (χ3v) is 5.70. The largest absolute Gasteiger partial charge is 0.464 e. The fraction of sp³-hybridized carbons (Fsp3) is 0.833. The Morgan fingerprint density at radius 2 is 2.04 bits per heavy atom. The first-order valence-electron chi connectivity index (χ1n) is 8.89. The molecule has 1 aliphatic carbocycles. The summed E-state index contributed by atoms with van der Waals surface area (Å²) >= 11 is 0. The lowest BCUT2D eigenvalue weighted by atomic mass is 9.66. The molecule has 0 aromatic rings. The zero-order valence-electron chi connectivity index (χ0n) is 14.9. The molecule has 0 spiro atoms. The summed E-state index contributed by atoms with van der Waals surface area (Å²) in [7, 11) is 1.34. The Kier molecular flexibility index (Phi) is 6.47. The normalized spacial score (nSPS) is 30.7. The Balaban J connectivity index is 2.10. The second-order valence-corrected chi connectivity index (χ2v) is 7.06.